The molecule has 3 heterocycles. The Hall–Kier alpha value is -3.06. The van der Waals surface area contributed by atoms with Crippen LogP contribution >= 0.6 is 0 Å². The SMILES string of the molecule is COc1ccc(CN2CCC2(COc2ccc(-c3ccnc(CF)c3)nc2CF)CC(C)C)cc1. The molecule has 4 rings (SSSR count). The van der Waals surface area contributed by atoms with Crippen molar-refractivity contribution in [3.63, 3.8) is 0 Å². The lowest BCUT2D eigenvalue weighted by Crippen LogP contribution is -2.63. The van der Waals surface area contributed by atoms with Gasteiger partial charge in [0.15, 0.2) is 0 Å². The Balaban J connectivity index is 1.50. The van der Waals surface area contributed by atoms with Crippen molar-refractivity contribution >= 4 is 0 Å². The van der Waals surface area contributed by atoms with E-state index in [0.717, 1.165) is 31.7 Å². The van der Waals surface area contributed by atoms with Crippen molar-refractivity contribution in [1.29, 1.82) is 0 Å². The summed E-state index contributed by atoms with van der Waals surface area (Å²) in [5.74, 6) is 1.79. The summed E-state index contributed by atoms with van der Waals surface area (Å²) in [7, 11) is 1.67. The van der Waals surface area contributed by atoms with Gasteiger partial charge in [-0.05, 0) is 60.7 Å². The summed E-state index contributed by atoms with van der Waals surface area (Å²) in [6.45, 7) is 5.33. The second-order valence-electron chi connectivity index (χ2n) is 9.58. The summed E-state index contributed by atoms with van der Waals surface area (Å²) in [5.41, 5.74) is 2.96. The maximum Gasteiger partial charge on any atom is 0.143 e. The minimum atomic E-state index is -0.739. The van der Waals surface area contributed by atoms with E-state index in [1.54, 1.807) is 31.4 Å². The van der Waals surface area contributed by atoms with E-state index in [1.165, 1.54) is 11.8 Å². The maximum atomic E-state index is 13.9. The Bertz CT molecular complexity index is 1120. The Labute approximate surface area is 206 Å². The van der Waals surface area contributed by atoms with Crippen LogP contribution in [0, 0.1) is 5.92 Å². The molecule has 1 unspecified atom stereocenters. The molecule has 7 heteroatoms. The quantitative estimate of drug-likeness (QED) is 0.328. The molecular weight excluding hydrogens is 448 g/mol. The fraction of sp³-hybridized carbons (Fsp3) is 0.429. The van der Waals surface area contributed by atoms with Gasteiger partial charge in [-0.15, -0.1) is 0 Å². The third-order valence-corrected chi connectivity index (χ3v) is 6.64. The number of hydrogen-bond donors (Lipinski definition) is 0. The van der Waals surface area contributed by atoms with Crippen LogP contribution in [-0.4, -0.2) is 40.7 Å². The van der Waals surface area contributed by atoms with Crippen LogP contribution in [0.15, 0.2) is 54.7 Å². The van der Waals surface area contributed by atoms with Crippen LogP contribution in [-0.2, 0) is 19.9 Å². The average molecular weight is 482 g/mol. The topological polar surface area (TPSA) is 47.5 Å². The number of pyridine rings is 2. The summed E-state index contributed by atoms with van der Waals surface area (Å²) in [6, 6.07) is 15.1. The van der Waals surface area contributed by atoms with Gasteiger partial charge in [0.2, 0.25) is 0 Å². The number of alkyl halides is 2. The summed E-state index contributed by atoms with van der Waals surface area (Å²) < 4.78 is 38.5. The molecule has 1 aromatic carbocycles. The Morgan fingerprint density at radius 3 is 2.49 bits per heavy atom. The number of likely N-dealkylation sites (tertiary alicyclic amines) is 1. The zero-order chi connectivity index (χ0) is 24.8. The van der Waals surface area contributed by atoms with Crippen molar-refractivity contribution in [3.8, 4) is 22.8 Å². The first kappa shape index (κ1) is 25.0. The highest BCUT2D eigenvalue weighted by Crippen LogP contribution is 2.39. The van der Waals surface area contributed by atoms with Crippen molar-refractivity contribution in [2.45, 2.75) is 52.1 Å². The lowest BCUT2D eigenvalue weighted by Gasteiger charge is -2.53. The standard InChI is InChI=1S/C28H33F2N3O2/c1-20(2)15-28(11-13-33(28)18-21-4-6-24(34-3)7-5-21)19-35-27-9-8-25(32-26(27)17-30)22-10-12-31-23(14-22)16-29/h4-10,12,14,20H,11,13,15-19H2,1-3H3. The lowest BCUT2D eigenvalue weighted by atomic mass is 9.78. The highest BCUT2D eigenvalue weighted by Gasteiger charge is 2.45. The summed E-state index contributed by atoms with van der Waals surface area (Å²) >= 11 is 0. The summed E-state index contributed by atoms with van der Waals surface area (Å²) in [6.07, 6.45) is 3.55. The predicted octanol–water partition coefficient (Wildman–Crippen LogP) is 6.16. The zero-order valence-electron chi connectivity index (χ0n) is 20.6. The largest absolute Gasteiger partial charge is 0.497 e. The molecule has 1 fully saturated rings. The van der Waals surface area contributed by atoms with Crippen molar-refractivity contribution < 1.29 is 18.3 Å². The van der Waals surface area contributed by atoms with Crippen molar-refractivity contribution in [3.05, 3.63) is 71.7 Å². The third kappa shape index (κ3) is 5.78. The van der Waals surface area contributed by atoms with E-state index in [1.807, 2.05) is 12.1 Å². The van der Waals surface area contributed by atoms with Gasteiger partial charge in [0, 0.05) is 24.8 Å². The van der Waals surface area contributed by atoms with Gasteiger partial charge in [-0.25, -0.2) is 13.8 Å². The molecule has 0 saturated carbocycles. The minimum absolute atomic E-state index is 0.110. The Morgan fingerprint density at radius 2 is 1.86 bits per heavy atom. The highest BCUT2D eigenvalue weighted by molar-refractivity contribution is 5.60. The molecule has 0 radical (unpaired) electrons. The molecule has 0 amide bonds. The fourth-order valence-corrected chi connectivity index (χ4v) is 4.80. The molecule has 1 aliphatic rings. The highest BCUT2D eigenvalue weighted by atomic mass is 19.1. The summed E-state index contributed by atoms with van der Waals surface area (Å²) in [4.78, 5) is 10.9. The third-order valence-electron chi connectivity index (χ3n) is 6.64. The van der Waals surface area contributed by atoms with Crippen LogP contribution in [0.1, 0.15) is 43.6 Å². The van der Waals surface area contributed by atoms with E-state index >= 15 is 0 Å². The van der Waals surface area contributed by atoms with Crippen LogP contribution in [0.4, 0.5) is 8.78 Å². The van der Waals surface area contributed by atoms with Gasteiger partial charge in [-0.2, -0.15) is 0 Å². The average Bonchev–Trinajstić information content (AvgIpc) is 2.89. The first-order valence-electron chi connectivity index (χ1n) is 12.0. The fourth-order valence-electron chi connectivity index (χ4n) is 4.80. The monoisotopic (exact) mass is 481 g/mol. The van der Waals surface area contributed by atoms with Gasteiger partial charge < -0.3 is 9.47 Å². The molecule has 0 aliphatic carbocycles. The summed E-state index contributed by atoms with van der Waals surface area (Å²) in [5, 5.41) is 0. The van der Waals surface area contributed by atoms with Gasteiger partial charge in [0.05, 0.1) is 24.0 Å². The molecule has 5 nitrogen and oxygen atoms in total. The van der Waals surface area contributed by atoms with E-state index in [0.29, 0.717) is 35.2 Å². The number of benzene rings is 1. The van der Waals surface area contributed by atoms with Crippen LogP contribution < -0.4 is 9.47 Å². The molecule has 0 spiro atoms. The molecule has 0 N–H and O–H groups in total. The molecule has 186 valence electrons. The van der Waals surface area contributed by atoms with Gasteiger partial charge in [-0.1, -0.05) is 26.0 Å². The molecular formula is C28H33F2N3O2. The van der Waals surface area contributed by atoms with Crippen LogP contribution in [0.5, 0.6) is 11.5 Å². The molecule has 1 saturated heterocycles. The first-order valence-corrected chi connectivity index (χ1v) is 12.0. The maximum absolute atomic E-state index is 13.9. The van der Waals surface area contributed by atoms with Crippen LogP contribution in [0.2, 0.25) is 0 Å². The second-order valence-corrected chi connectivity index (χ2v) is 9.58. The second kappa shape index (κ2) is 11.1. The number of methoxy groups -OCH3 is 1. The van der Waals surface area contributed by atoms with E-state index in [2.05, 4.69) is 40.8 Å². The normalized spacial score (nSPS) is 17.9. The lowest BCUT2D eigenvalue weighted by molar-refractivity contribution is -0.0662. The predicted molar refractivity (Wildman–Crippen MR) is 133 cm³/mol. The van der Waals surface area contributed by atoms with Crippen LogP contribution in [0.25, 0.3) is 11.3 Å². The van der Waals surface area contributed by atoms with E-state index in [-0.39, 0.29) is 11.2 Å². The van der Waals surface area contributed by atoms with E-state index in [4.69, 9.17) is 9.47 Å². The molecule has 1 atom stereocenters. The number of aromatic nitrogens is 2. The van der Waals surface area contributed by atoms with Gasteiger partial charge in [0.1, 0.15) is 37.1 Å². The minimum Gasteiger partial charge on any atom is -0.497 e. The van der Waals surface area contributed by atoms with E-state index < -0.39 is 13.3 Å². The first-order chi connectivity index (χ1) is 17.0. The number of ether oxygens (including phenoxy) is 2. The molecule has 35 heavy (non-hydrogen) atoms. The van der Waals surface area contributed by atoms with Gasteiger partial charge in [0.25, 0.3) is 0 Å². The van der Waals surface area contributed by atoms with Crippen molar-refractivity contribution in [1.82, 2.24) is 14.9 Å². The van der Waals surface area contributed by atoms with Crippen LogP contribution in [0.3, 0.4) is 0 Å². The molecule has 1 aliphatic heterocycles. The number of nitrogens with zero attached hydrogens (tertiary/aromatic N) is 3. The Kier molecular flexibility index (Phi) is 7.96. The molecule has 2 aromatic heterocycles. The number of hydrogen-bond acceptors (Lipinski definition) is 5. The smallest absolute Gasteiger partial charge is 0.143 e. The Morgan fingerprint density at radius 1 is 1.06 bits per heavy atom. The van der Waals surface area contributed by atoms with Gasteiger partial charge >= 0.3 is 0 Å². The van der Waals surface area contributed by atoms with E-state index in [9.17, 15) is 8.78 Å². The van der Waals surface area contributed by atoms with Crippen molar-refractivity contribution in [2.24, 2.45) is 5.92 Å². The number of halogens is 2. The molecule has 0 bridgehead atoms. The van der Waals surface area contributed by atoms with Gasteiger partial charge in [-0.3, -0.25) is 9.88 Å². The number of rotatable bonds is 11. The van der Waals surface area contributed by atoms with Crippen molar-refractivity contribution in [2.75, 3.05) is 20.3 Å². The molecule has 3 aromatic rings. The zero-order valence-corrected chi connectivity index (χ0v) is 20.6.